The zero-order valence-corrected chi connectivity index (χ0v) is 18.2. The molecule has 8 heteroatoms. The number of nitrogens with one attached hydrogen (secondary N) is 2. The predicted molar refractivity (Wildman–Crippen MR) is 126 cm³/mol. The van der Waals surface area contributed by atoms with Gasteiger partial charge in [-0.15, -0.1) is 11.3 Å². The number of hydrazone groups is 1. The van der Waals surface area contributed by atoms with Gasteiger partial charge in [0, 0.05) is 34.8 Å². The fraction of sp³-hybridized carbons (Fsp3) is 0.286. The number of benzene rings is 1. The van der Waals surface area contributed by atoms with Gasteiger partial charge in [0.2, 0.25) is 0 Å². The molecule has 0 unspecified atom stereocenters. The number of allylic oxidation sites excluding steroid dienone is 1. The molecular weight excluding hydrogens is 406 g/mol. The van der Waals surface area contributed by atoms with Crippen LogP contribution in [0.15, 0.2) is 39.9 Å². The summed E-state index contributed by atoms with van der Waals surface area (Å²) < 4.78 is 5.22. The Hall–Kier alpha value is -2.64. The molecule has 1 aliphatic carbocycles. The number of halogens is 1. The van der Waals surface area contributed by atoms with Crippen molar-refractivity contribution in [2.24, 2.45) is 15.1 Å². The number of nitrogens with zero attached hydrogens (tertiary/aromatic N) is 3. The van der Waals surface area contributed by atoms with Gasteiger partial charge in [-0.1, -0.05) is 18.2 Å². The number of rotatable bonds is 8. The van der Waals surface area contributed by atoms with Gasteiger partial charge in [0.15, 0.2) is 0 Å². The van der Waals surface area contributed by atoms with E-state index in [1.807, 2.05) is 25.1 Å². The van der Waals surface area contributed by atoms with Crippen LogP contribution in [0, 0.1) is 0 Å². The van der Waals surface area contributed by atoms with Gasteiger partial charge >= 0.3 is 0 Å². The van der Waals surface area contributed by atoms with Crippen molar-refractivity contribution in [1.82, 2.24) is 5.43 Å². The third-order valence-electron chi connectivity index (χ3n) is 4.58. The van der Waals surface area contributed by atoms with Crippen molar-refractivity contribution in [1.29, 1.82) is 0 Å². The smallest absolute Gasteiger partial charge is 0.137 e. The molecule has 1 aromatic heterocycles. The van der Waals surface area contributed by atoms with Crippen LogP contribution in [-0.2, 0) is 13.0 Å². The van der Waals surface area contributed by atoms with E-state index in [1.54, 1.807) is 18.4 Å². The minimum absolute atomic E-state index is 0.566. The lowest BCUT2D eigenvalue weighted by molar-refractivity contribution is 0.415. The lowest BCUT2D eigenvalue weighted by Crippen LogP contribution is -2.16. The van der Waals surface area contributed by atoms with Crippen LogP contribution in [-0.4, -0.2) is 32.4 Å². The van der Waals surface area contributed by atoms with Gasteiger partial charge in [-0.3, -0.25) is 4.99 Å². The monoisotopic (exact) mass is 429 g/mol. The van der Waals surface area contributed by atoms with Crippen LogP contribution in [0.3, 0.4) is 0 Å². The summed E-state index contributed by atoms with van der Waals surface area (Å²) in [6, 6.07) is 5.64. The summed E-state index contributed by atoms with van der Waals surface area (Å²) in [4.78, 5) is 9.38. The molecule has 0 saturated heterocycles. The van der Waals surface area contributed by atoms with Crippen molar-refractivity contribution in [3.63, 3.8) is 0 Å². The zero-order chi connectivity index (χ0) is 20.8. The van der Waals surface area contributed by atoms with E-state index < -0.39 is 0 Å². The second-order valence-corrected chi connectivity index (χ2v) is 7.78. The van der Waals surface area contributed by atoms with Crippen molar-refractivity contribution >= 4 is 58.0 Å². The molecule has 1 aromatic carbocycles. The number of hydrogen-bond donors (Lipinski definition) is 2. The average molecular weight is 430 g/mol. The van der Waals surface area contributed by atoms with Gasteiger partial charge < -0.3 is 15.5 Å². The molecule has 2 aromatic rings. The number of ether oxygens (including phenoxy) is 1. The molecular formula is C21H24ClN5OS. The predicted octanol–water partition coefficient (Wildman–Crippen LogP) is 5.31. The first kappa shape index (κ1) is 21.1. The largest absolute Gasteiger partial charge is 0.495 e. The second-order valence-electron chi connectivity index (χ2n) is 6.37. The average Bonchev–Trinajstić information content (AvgIpc) is 3.08. The number of aliphatic imine (C=N–C) groups is 2. The van der Waals surface area contributed by atoms with Crippen molar-refractivity contribution in [2.75, 3.05) is 19.0 Å². The zero-order valence-electron chi connectivity index (χ0n) is 16.6. The van der Waals surface area contributed by atoms with Crippen molar-refractivity contribution in [2.45, 2.75) is 26.3 Å². The number of fused-ring (bicyclic) bond motifs is 1. The topological polar surface area (TPSA) is 70.4 Å². The summed E-state index contributed by atoms with van der Waals surface area (Å²) in [6.45, 7) is 11.2. The first-order chi connectivity index (χ1) is 14.1. The Morgan fingerprint density at radius 2 is 2.17 bits per heavy atom. The molecule has 2 N–H and O–H groups in total. The highest BCUT2D eigenvalue weighted by atomic mass is 35.5. The fourth-order valence-corrected chi connectivity index (χ4v) is 4.62. The highest BCUT2D eigenvalue weighted by molar-refractivity contribution is 7.17. The van der Waals surface area contributed by atoms with Crippen LogP contribution < -0.4 is 15.5 Å². The Labute approximate surface area is 180 Å². The normalized spacial score (nSPS) is 14.9. The molecule has 1 aliphatic rings. The van der Waals surface area contributed by atoms with Crippen molar-refractivity contribution in [3.8, 4) is 5.75 Å². The molecule has 0 atom stereocenters. The summed E-state index contributed by atoms with van der Waals surface area (Å²) in [7, 11) is 1.60. The molecule has 0 amide bonds. The number of thiophene rings is 1. The van der Waals surface area contributed by atoms with Crippen LogP contribution in [0.5, 0.6) is 5.75 Å². The van der Waals surface area contributed by atoms with E-state index in [2.05, 4.69) is 39.1 Å². The lowest BCUT2D eigenvalue weighted by atomic mass is 9.91. The molecule has 0 saturated carbocycles. The fourth-order valence-electron chi connectivity index (χ4n) is 3.16. The Morgan fingerprint density at radius 3 is 2.86 bits per heavy atom. The molecule has 29 heavy (non-hydrogen) atoms. The summed E-state index contributed by atoms with van der Waals surface area (Å²) in [5.41, 5.74) is 8.31. The van der Waals surface area contributed by atoms with E-state index >= 15 is 0 Å². The summed E-state index contributed by atoms with van der Waals surface area (Å²) in [5, 5.41) is 9.38. The molecule has 0 fully saturated rings. The van der Waals surface area contributed by atoms with Gasteiger partial charge in [0.1, 0.15) is 17.1 Å². The highest BCUT2D eigenvalue weighted by Gasteiger charge is 2.26. The third-order valence-corrected chi connectivity index (χ3v) is 6.12. The summed E-state index contributed by atoms with van der Waals surface area (Å²) in [6.07, 6.45) is 3.22. The highest BCUT2D eigenvalue weighted by Crippen LogP contribution is 2.43. The minimum Gasteiger partial charge on any atom is -0.495 e. The molecule has 1 heterocycles. The van der Waals surface area contributed by atoms with Crippen LogP contribution >= 0.6 is 22.9 Å². The maximum Gasteiger partial charge on any atom is 0.137 e. The minimum atomic E-state index is 0.566. The van der Waals surface area contributed by atoms with Crippen LogP contribution in [0.4, 0.5) is 10.7 Å². The molecule has 6 nitrogen and oxygen atoms in total. The maximum absolute atomic E-state index is 6.25. The van der Waals surface area contributed by atoms with Gasteiger partial charge in [-0.25, -0.2) is 4.99 Å². The maximum atomic E-state index is 6.25. The van der Waals surface area contributed by atoms with Crippen LogP contribution in [0.1, 0.15) is 29.3 Å². The van der Waals surface area contributed by atoms with Gasteiger partial charge in [0.25, 0.3) is 0 Å². The number of methoxy groups -OCH3 is 1. The standard InChI is InChI=1S/C21H24ClN5OS/c1-5-26-27-18-8-7-15-16(21(25-12-23-3)29-20(15)13(18)2)11-24-14-6-9-19(28-4)17(22)10-14/h6,9-10,12,24,26H,2-3,5,7-8,11H2,1,4H3/b25-12-,27-18-. The molecule has 3 rings (SSSR count). The first-order valence-electron chi connectivity index (χ1n) is 9.28. The molecule has 0 aliphatic heterocycles. The second kappa shape index (κ2) is 9.71. The van der Waals surface area contributed by atoms with E-state index in [9.17, 15) is 0 Å². The van der Waals surface area contributed by atoms with Gasteiger partial charge in [-0.2, -0.15) is 5.10 Å². The van der Waals surface area contributed by atoms with Crippen LogP contribution in [0.2, 0.25) is 5.02 Å². The molecule has 0 bridgehead atoms. The van der Waals surface area contributed by atoms with Gasteiger partial charge in [0.05, 0.1) is 17.8 Å². The summed E-state index contributed by atoms with van der Waals surface area (Å²) >= 11 is 7.86. The Balaban J connectivity index is 1.90. The molecule has 0 spiro atoms. The van der Waals surface area contributed by atoms with Crippen molar-refractivity contribution in [3.05, 3.63) is 45.8 Å². The van der Waals surface area contributed by atoms with E-state index in [-0.39, 0.29) is 0 Å². The molecule has 0 radical (unpaired) electrons. The SMILES string of the molecule is C=N/C=N\c1sc2c(c1CNc1ccc(OC)c(Cl)c1)CC/C(=N/NCC)C2=C. The lowest BCUT2D eigenvalue weighted by Gasteiger charge is -2.18. The van der Waals surface area contributed by atoms with Crippen LogP contribution in [0.25, 0.3) is 5.57 Å². The first-order valence-corrected chi connectivity index (χ1v) is 10.5. The van der Waals surface area contributed by atoms with E-state index in [4.69, 9.17) is 16.3 Å². The van der Waals surface area contributed by atoms with Gasteiger partial charge in [-0.05, 0) is 50.2 Å². The third kappa shape index (κ3) is 4.68. The van der Waals surface area contributed by atoms with E-state index in [0.29, 0.717) is 17.3 Å². The Bertz CT molecular complexity index is 980. The van der Waals surface area contributed by atoms with E-state index in [0.717, 1.165) is 51.8 Å². The van der Waals surface area contributed by atoms with Crippen molar-refractivity contribution < 1.29 is 4.74 Å². The molecule has 152 valence electrons. The number of anilines is 1. The quantitative estimate of drug-likeness (QED) is 0.339. The van der Waals surface area contributed by atoms with E-state index in [1.165, 1.54) is 11.9 Å². The Morgan fingerprint density at radius 1 is 1.34 bits per heavy atom. The number of hydrogen-bond acceptors (Lipinski definition) is 6. The Kier molecular flexibility index (Phi) is 7.06. The summed E-state index contributed by atoms with van der Waals surface area (Å²) in [5.74, 6) is 0.649.